The smallest absolute Gasteiger partial charge is 0.342 e. The quantitative estimate of drug-likeness (QED) is 0.639. The van der Waals surface area contributed by atoms with Crippen LogP contribution < -0.4 is 5.69 Å². The number of amides is 1. The molecular formula is C24H24F3N3O2. The largest absolute Gasteiger partial charge is 0.416 e. The number of alkyl halides is 3. The summed E-state index contributed by atoms with van der Waals surface area (Å²) in [6.07, 6.45) is -0.595. The highest BCUT2D eigenvalue weighted by molar-refractivity contribution is 5.79. The van der Waals surface area contributed by atoms with Crippen molar-refractivity contribution in [1.29, 1.82) is 0 Å². The number of imidazole rings is 1. The van der Waals surface area contributed by atoms with Crippen LogP contribution in [0, 0.1) is 0 Å². The van der Waals surface area contributed by atoms with E-state index in [1.807, 2.05) is 10.6 Å². The van der Waals surface area contributed by atoms with Gasteiger partial charge in [0.2, 0.25) is 5.91 Å². The number of nitrogens with one attached hydrogen (secondary N) is 1. The Balaban J connectivity index is 1.25. The second-order valence-corrected chi connectivity index (χ2v) is 8.83. The molecule has 1 N–H and O–H groups in total. The maximum absolute atomic E-state index is 12.7. The molecule has 2 fully saturated rings. The standard InChI is InChI=1S/C24H24F3N3O2/c25-24(26,27)18-6-1-15(2-7-18)13-22(31)29-11-9-19(10-12-29)30-21-14-17(16-3-4-16)5-8-20(21)28-23(30)32/h1-2,5-8,14,16,19H,3-4,9-13H2,(H,28,32). The van der Waals surface area contributed by atoms with Crippen molar-refractivity contribution in [3.63, 3.8) is 0 Å². The Labute approximate surface area is 182 Å². The normalized spacial score (nSPS) is 17.8. The van der Waals surface area contributed by atoms with Gasteiger partial charge in [-0.2, -0.15) is 13.2 Å². The molecule has 2 aromatic carbocycles. The van der Waals surface area contributed by atoms with Crippen molar-refractivity contribution in [2.45, 2.75) is 50.2 Å². The van der Waals surface area contributed by atoms with Gasteiger partial charge in [-0.1, -0.05) is 18.2 Å². The highest BCUT2D eigenvalue weighted by Gasteiger charge is 2.31. The minimum absolute atomic E-state index is 0.0147. The van der Waals surface area contributed by atoms with Gasteiger partial charge in [-0.15, -0.1) is 0 Å². The monoisotopic (exact) mass is 443 g/mol. The Morgan fingerprint density at radius 3 is 2.31 bits per heavy atom. The maximum atomic E-state index is 12.7. The third kappa shape index (κ3) is 4.06. The molecule has 8 heteroatoms. The number of aromatic nitrogens is 2. The molecule has 168 valence electrons. The van der Waals surface area contributed by atoms with Crippen LogP contribution in [-0.2, 0) is 17.4 Å². The summed E-state index contributed by atoms with van der Waals surface area (Å²) in [4.78, 5) is 30.0. The zero-order valence-corrected chi connectivity index (χ0v) is 17.5. The number of likely N-dealkylation sites (tertiary alicyclic amines) is 1. The molecule has 1 aliphatic carbocycles. The lowest BCUT2D eigenvalue weighted by Crippen LogP contribution is -2.41. The van der Waals surface area contributed by atoms with E-state index in [0.29, 0.717) is 37.4 Å². The van der Waals surface area contributed by atoms with Gasteiger partial charge in [0, 0.05) is 19.1 Å². The number of hydrogen-bond acceptors (Lipinski definition) is 2. The molecule has 1 amide bonds. The van der Waals surface area contributed by atoms with Gasteiger partial charge >= 0.3 is 11.9 Å². The third-order valence-electron chi connectivity index (χ3n) is 6.61. The van der Waals surface area contributed by atoms with E-state index in [1.54, 1.807) is 4.90 Å². The van der Waals surface area contributed by atoms with Gasteiger partial charge in [-0.05, 0) is 67.0 Å². The molecule has 1 saturated heterocycles. The molecule has 0 spiro atoms. The van der Waals surface area contributed by atoms with E-state index in [0.717, 1.165) is 23.2 Å². The molecule has 1 aromatic heterocycles. The molecule has 0 atom stereocenters. The molecule has 1 saturated carbocycles. The number of carbonyl (C=O) groups is 1. The first-order valence-electron chi connectivity index (χ1n) is 11.0. The zero-order valence-electron chi connectivity index (χ0n) is 17.5. The molecule has 2 aliphatic rings. The predicted octanol–water partition coefficient (Wildman–Crippen LogP) is 4.63. The van der Waals surface area contributed by atoms with Gasteiger partial charge in [0.1, 0.15) is 0 Å². The molecular weight excluding hydrogens is 419 g/mol. The number of halogens is 3. The number of H-pyrrole nitrogens is 1. The Kier molecular flexibility index (Phi) is 5.10. The number of rotatable bonds is 4. The average molecular weight is 443 g/mol. The van der Waals surface area contributed by atoms with E-state index < -0.39 is 11.7 Å². The van der Waals surface area contributed by atoms with Gasteiger partial charge < -0.3 is 9.88 Å². The van der Waals surface area contributed by atoms with Crippen LogP contribution in [0.3, 0.4) is 0 Å². The van der Waals surface area contributed by atoms with E-state index >= 15 is 0 Å². The second kappa shape index (κ2) is 7.83. The van der Waals surface area contributed by atoms with E-state index in [2.05, 4.69) is 17.1 Å². The lowest BCUT2D eigenvalue weighted by Gasteiger charge is -2.32. The summed E-state index contributed by atoms with van der Waals surface area (Å²) in [5.41, 5.74) is 2.75. The topological polar surface area (TPSA) is 58.1 Å². The first-order valence-corrected chi connectivity index (χ1v) is 11.0. The van der Waals surface area contributed by atoms with Gasteiger partial charge in [-0.25, -0.2) is 4.79 Å². The Morgan fingerprint density at radius 2 is 1.69 bits per heavy atom. The summed E-state index contributed by atoms with van der Waals surface area (Å²) < 4.78 is 40.0. The zero-order chi connectivity index (χ0) is 22.5. The lowest BCUT2D eigenvalue weighted by atomic mass is 10.0. The summed E-state index contributed by atoms with van der Waals surface area (Å²) >= 11 is 0. The molecule has 5 rings (SSSR count). The number of carbonyl (C=O) groups excluding carboxylic acids is 1. The fourth-order valence-electron chi connectivity index (χ4n) is 4.64. The number of benzene rings is 2. The van der Waals surface area contributed by atoms with Gasteiger partial charge in [0.15, 0.2) is 0 Å². The van der Waals surface area contributed by atoms with E-state index in [9.17, 15) is 22.8 Å². The molecule has 0 radical (unpaired) electrons. The molecule has 2 heterocycles. The average Bonchev–Trinajstić information content (AvgIpc) is 3.56. The Bertz CT molecular complexity index is 1200. The molecule has 5 nitrogen and oxygen atoms in total. The minimum atomic E-state index is -4.38. The maximum Gasteiger partial charge on any atom is 0.416 e. The number of fused-ring (bicyclic) bond motifs is 1. The van der Waals surface area contributed by atoms with Crippen LogP contribution in [0.25, 0.3) is 11.0 Å². The van der Waals surface area contributed by atoms with Crippen LogP contribution in [0.5, 0.6) is 0 Å². The number of hydrogen-bond donors (Lipinski definition) is 1. The molecule has 1 aliphatic heterocycles. The van der Waals surface area contributed by atoms with Crippen LogP contribution in [0.4, 0.5) is 13.2 Å². The van der Waals surface area contributed by atoms with Crippen molar-refractivity contribution in [2.75, 3.05) is 13.1 Å². The van der Waals surface area contributed by atoms with Crippen molar-refractivity contribution >= 4 is 16.9 Å². The third-order valence-corrected chi connectivity index (χ3v) is 6.61. The Hall–Kier alpha value is -3.03. The predicted molar refractivity (Wildman–Crippen MR) is 115 cm³/mol. The van der Waals surface area contributed by atoms with Crippen molar-refractivity contribution < 1.29 is 18.0 Å². The van der Waals surface area contributed by atoms with Crippen LogP contribution in [0.15, 0.2) is 47.3 Å². The highest BCUT2D eigenvalue weighted by Crippen LogP contribution is 2.41. The first kappa shape index (κ1) is 20.8. The second-order valence-electron chi connectivity index (χ2n) is 8.83. The summed E-state index contributed by atoms with van der Waals surface area (Å²) in [6.45, 7) is 1.04. The molecule has 0 bridgehead atoms. The number of aromatic amines is 1. The first-order chi connectivity index (χ1) is 15.3. The summed E-state index contributed by atoms with van der Waals surface area (Å²) in [5, 5.41) is 0. The van der Waals surface area contributed by atoms with Crippen LogP contribution in [0.2, 0.25) is 0 Å². The highest BCUT2D eigenvalue weighted by atomic mass is 19.4. The van der Waals surface area contributed by atoms with Crippen molar-refractivity contribution in [3.05, 3.63) is 69.6 Å². The lowest BCUT2D eigenvalue weighted by molar-refractivity contribution is -0.137. The summed E-state index contributed by atoms with van der Waals surface area (Å²) in [5.74, 6) is 0.494. The minimum Gasteiger partial charge on any atom is -0.342 e. The van der Waals surface area contributed by atoms with Crippen LogP contribution in [0.1, 0.15) is 54.3 Å². The van der Waals surface area contributed by atoms with Gasteiger partial charge in [0.25, 0.3) is 0 Å². The summed E-state index contributed by atoms with van der Waals surface area (Å²) in [6, 6.07) is 10.9. The van der Waals surface area contributed by atoms with Gasteiger partial charge in [-0.3, -0.25) is 9.36 Å². The van der Waals surface area contributed by atoms with E-state index in [1.165, 1.54) is 30.5 Å². The van der Waals surface area contributed by atoms with Crippen LogP contribution in [-0.4, -0.2) is 33.4 Å². The molecule has 0 unspecified atom stereocenters. The van der Waals surface area contributed by atoms with Crippen LogP contribution >= 0.6 is 0 Å². The van der Waals surface area contributed by atoms with Crippen molar-refractivity contribution in [1.82, 2.24) is 14.5 Å². The molecule has 3 aromatic rings. The SMILES string of the molecule is O=C(Cc1ccc(C(F)(F)F)cc1)N1CCC(n2c(=O)[nH]c3ccc(C4CC4)cc32)CC1. The van der Waals surface area contributed by atoms with Crippen molar-refractivity contribution in [2.24, 2.45) is 0 Å². The fourth-order valence-corrected chi connectivity index (χ4v) is 4.64. The van der Waals surface area contributed by atoms with E-state index in [4.69, 9.17) is 0 Å². The van der Waals surface area contributed by atoms with Crippen molar-refractivity contribution in [3.8, 4) is 0 Å². The molecule has 32 heavy (non-hydrogen) atoms. The van der Waals surface area contributed by atoms with Gasteiger partial charge in [0.05, 0.1) is 23.0 Å². The number of piperidine rings is 1. The van der Waals surface area contributed by atoms with E-state index in [-0.39, 0.29) is 24.1 Å². The number of nitrogens with zero attached hydrogens (tertiary/aromatic N) is 2. The fraction of sp³-hybridized carbons (Fsp3) is 0.417. The summed E-state index contributed by atoms with van der Waals surface area (Å²) in [7, 11) is 0. The Morgan fingerprint density at radius 1 is 1.00 bits per heavy atom.